The van der Waals surface area contributed by atoms with Crippen LogP contribution in [-0.4, -0.2) is 39.4 Å². The van der Waals surface area contributed by atoms with Crippen molar-refractivity contribution in [1.29, 1.82) is 0 Å². The number of carboxylic acid groups (broad SMARTS) is 1. The minimum absolute atomic E-state index is 0.0832. The van der Waals surface area contributed by atoms with Gasteiger partial charge in [0.2, 0.25) is 0 Å². The zero-order valence-corrected chi connectivity index (χ0v) is 11.5. The third-order valence-electron chi connectivity index (χ3n) is 3.31. The van der Waals surface area contributed by atoms with Crippen LogP contribution in [0.4, 0.5) is 5.00 Å². The van der Waals surface area contributed by atoms with E-state index in [0.29, 0.717) is 13.0 Å². The first-order chi connectivity index (χ1) is 9.49. The second-order valence-electron chi connectivity index (χ2n) is 4.68. The lowest BCUT2D eigenvalue weighted by Crippen LogP contribution is -2.44. The van der Waals surface area contributed by atoms with Crippen LogP contribution in [0.1, 0.15) is 36.0 Å². The quantitative estimate of drug-likeness (QED) is 0.677. The largest absolute Gasteiger partial charge is 0.481 e. The van der Waals surface area contributed by atoms with E-state index in [9.17, 15) is 19.7 Å². The van der Waals surface area contributed by atoms with Gasteiger partial charge in [-0.25, -0.2) is 0 Å². The summed E-state index contributed by atoms with van der Waals surface area (Å²) in [6.07, 6.45) is 2.29. The molecular formula is C12H14N2O5S. The number of likely N-dealkylation sites (tertiary alicyclic amines) is 1. The molecule has 1 aliphatic rings. The number of hydrogen-bond donors (Lipinski definition) is 1. The molecule has 1 aromatic heterocycles. The number of amides is 1. The van der Waals surface area contributed by atoms with Gasteiger partial charge in [0.1, 0.15) is 0 Å². The Morgan fingerprint density at radius 2 is 2.25 bits per heavy atom. The molecule has 0 saturated carbocycles. The molecule has 0 aliphatic carbocycles. The summed E-state index contributed by atoms with van der Waals surface area (Å²) in [6.45, 7) is 0.500. The van der Waals surface area contributed by atoms with Crippen LogP contribution in [0.25, 0.3) is 0 Å². The monoisotopic (exact) mass is 298 g/mol. The molecule has 1 amide bonds. The molecule has 2 rings (SSSR count). The summed E-state index contributed by atoms with van der Waals surface area (Å²) in [5, 5.41) is 20.9. The topological polar surface area (TPSA) is 101 Å². The van der Waals surface area contributed by atoms with Crippen molar-refractivity contribution in [2.24, 2.45) is 0 Å². The molecule has 20 heavy (non-hydrogen) atoms. The first-order valence-electron chi connectivity index (χ1n) is 6.24. The van der Waals surface area contributed by atoms with Gasteiger partial charge in [-0.15, -0.1) is 0 Å². The first kappa shape index (κ1) is 14.4. The number of nitro groups is 1. The van der Waals surface area contributed by atoms with Crippen molar-refractivity contribution in [2.75, 3.05) is 6.54 Å². The van der Waals surface area contributed by atoms with Crippen LogP contribution in [0.5, 0.6) is 0 Å². The van der Waals surface area contributed by atoms with Gasteiger partial charge in [0.25, 0.3) is 5.91 Å². The molecule has 8 heteroatoms. The lowest BCUT2D eigenvalue weighted by molar-refractivity contribution is -0.380. The minimum Gasteiger partial charge on any atom is -0.481 e. The maximum atomic E-state index is 12.3. The van der Waals surface area contributed by atoms with Gasteiger partial charge < -0.3 is 10.0 Å². The van der Waals surface area contributed by atoms with Crippen molar-refractivity contribution in [3.05, 3.63) is 27.1 Å². The molecule has 1 saturated heterocycles. The summed E-state index contributed by atoms with van der Waals surface area (Å²) in [5.41, 5.74) is 0.263. The Morgan fingerprint density at radius 1 is 1.50 bits per heavy atom. The Kier molecular flexibility index (Phi) is 4.33. The number of aliphatic carboxylic acids is 1. The van der Waals surface area contributed by atoms with Gasteiger partial charge in [-0.05, 0) is 19.3 Å². The normalized spacial score (nSPS) is 18.8. The van der Waals surface area contributed by atoms with Crippen LogP contribution in [0.3, 0.4) is 0 Å². The zero-order chi connectivity index (χ0) is 14.7. The van der Waals surface area contributed by atoms with Gasteiger partial charge >= 0.3 is 11.0 Å². The Bertz CT molecular complexity index is 542. The van der Waals surface area contributed by atoms with Gasteiger partial charge in [-0.3, -0.25) is 19.7 Å². The van der Waals surface area contributed by atoms with Crippen LogP contribution in [0.2, 0.25) is 0 Å². The number of hydrogen-bond acceptors (Lipinski definition) is 5. The Labute approximate surface area is 119 Å². The zero-order valence-electron chi connectivity index (χ0n) is 10.7. The Morgan fingerprint density at radius 3 is 2.85 bits per heavy atom. The molecule has 1 aliphatic heterocycles. The van der Waals surface area contributed by atoms with E-state index in [1.54, 1.807) is 0 Å². The highest BCUT2D eigenvalue weighted by atomic mass is 32.1. The molecule has 1 N–H and O–H groups in total. The van der Waals surface area contributed by atoms with E-state index in [-0.39, 0.29) is 28.9 Å². The summed E-state index contributed by atoms with van der Waals surface area (Å²) in [7, 11) is 0. The number of nitrogens with zero attached hydrogens (tertiary/aromatic N) is 2. The standard InChI is InChI=1S/C12H14N2O5S/c15-11(16)6-9-3-1-2-4-13(9)12(17)8-5-10(14(18)19)20-7-8/h5,7,9H,1-4,6H2,(H,15,16). The number of carbonyl (C=O) groups excluding carboxylic acids is 1. The minimum atomic E-state index is -0.939. The summed E-state index contributed by atoms with van der Waals surface area (Å²) in [4.78, 5) is 34.8. The van der Waals surface area contributed by atoms with Crippen molar-refractivity contribution in [2.45, 2.75) is 31.7 Å². The Hall–Kier alpha value is -1.96. The second kappa shape index (κ2) is 6.00. The fourth-order valence-electron chi connectivity index (χ4n) is 2.38. The smallest absolute Gasteiger partial charge is 0.324 e. The molecule has 2 heterocycles. The number of rotatable bonds is 4. The Balaban J connectivity index is 2.15. The highest BCUT2D eigenvalue weighted by Crippen LogP contribution is 2.27. The van der Waals surface area contributed by atoms with Crippen molar-refractivity contribution >= 4 is 28.2 Å². The van der Waals surface area contributed by atoms with Crippen LogP contribution in [0, 0.1) is 10.1 Å². The van der Waals surface area contributed by atoms with Crippen molar-refractivity contribution in [3.8, 4) is 0 Å². The molecule has 108 valence electrons. The molecule has 0 aromatic carbocycles. The van der Waals surface area contributed by atoms with Gasteiger partial charge in [-0.2, -0.15) is 0 Å². The third-order valence-corrected chi connectivity index (χ3v) is 4.19. The molecular weight excluding hydrogens is 284 g/mol. The van der Waals surface area contributed by atoms with E-state index >= 15 is 0 Å². The number of piperidine rings is 1. The van der Waals surface area contributed by atoms with Gasteiger partial charge in [-0.1, -0.05) is 11.3 Å². The highest BCUT2D eigenvalue weighted by Gasteiger charge is 2.30. The van der Waals surface area contributed by atoms with E-state index in [0.717, 1.165) is 24.2 Å². The van der Waals surface area contributed by atoms with Crippen molar-refractivity contribution in [3.63, 3.8) is 0 Å². The fraction of sp³-hybridized carbons (Fsp3) is 0.500. The third kappa shape index (κ3) is 3.13. The average molecular weight is 298 g/mol. The van der Waals surface area contributed by atoms with Crippen LogP contribution in [0.15, 0.2) is 11.4 Å². The fourth-order valence-corrected chi connectivity index (χ4v) is 3.08. The van der Waals surface area contributed by atoms with Crippen molar-refractivity contribution < 1.29 is 19.6 Å². The highest BCUT2D eigenvalue weighted by molar-refractivity contribution is 7.13. The number of carboxylic acids is 1. The molecule has 0 radical (unpaired) electrons. The maximum absolute atomic E-state index is 12.3. The van der Waals surface area contributed by atoms with E-state index < -0.39 is 10.9 Å². The van der Waals surface area contributed by atoms with E-state index in [1.165, 1.54) is 16.3 Å². The molecule has 0 bridgehead atoms. The van der Waals surface area contributed by atoms with Crippen LogP contribution >= 0.6 is 11.3 Å². The lowest BCUT2D eigenvalue weighted by atomic mass is 9.98. The van der Waals surface area contributed by atoms with Gasteiger partial charge in [0.05, 0.1) is 16.9 Å². The van der Waals surface area contributed by atoms with E-state index in [2.05, 4.69) is 0 Å². The van der Waals surface area contributed by atoms with Crippen LogP contribution < -0.4 is 0 Å². The average Bonchev–Trinajstić information content (AvgIpc) is 2.87. The van der Waals surface area contributed by atoms with E-state index in [4.69, 9.17) is 5.11 Å². The molecule has 1 fully saturated rings. The molecule has 7 nitrogen and oxygen atoms in total. The lowest BCUT2D eigenvalue weighted by Gasteiger charge is -2.34. The van der Waals surface area contributed by atoms with Crippen LogP contribution in [-0.2, 0) is 4.79 Å². The molecule has 0 spiro atoms. The second-order valence-corrected chi connectivity index (χ2v) is 5.57. The molecule has 1 atom stereocenters. The van der Waals surface area contributed by atoms with E-state index in [1.807, 2.05) is 0 Å². The van der Waals surface area contributed by atoms with Crippen molar-refractivity contribution in [1.82, 2.24) is 4.90 Å². The molecule has 1 unspecified atom stereocenters. The first-order valence-corrected chi connectivity index (χ1v) is 7.12. The molecule has 1 aromatic rings. The summed E-state index contributed by atoms with van der Waals surface area (Å²) in [5.74, 6) is -1.26. The number of carbonyl (C=O) groups is 2. The number of thiophene rings is 1. The summed E-state index contributed by atoms with van der Waals surface area (Å²) < 4.78 is 0. The van der Waals surface area contributed by atoms with Gasteiger partial charge in [0.15, 0.2) is 0 Å². The summed E-state index contributed by atoms with van der Waals surface area (Å²) >= 11 is 0.902. The predicted molar refractivity (Wildman–Crippen MR) is 71.9 cm³/mol. The predicted octanol–water partition coefficient (Wildman–Crippen LogP) is 2.13. The van der Waals surface area contributed by atoms with Gasteiger partial charge in [0, 0.05) is 24.0 Å². The SMILES string of the molecule is O=C(O)CC1CCCCN1C(=O)c1csc([N+](=O)[O-])c1. The summed E-state index contributed by atoms with van der Waals surface area (Å²) in [6, 6.07) is 0.923. The maximum Gasteiger partial charge on any atom is 0.324 e.